The van der Waals surface area contributed by atoms with Crippen molar-refractivity contribution in [3.8, 4) is 73.5 Å². The summed E-state index contributed by atoms with van der Waals surface area (Å²) in [5.41, 5.74) is 11.5. The molecule has 5 nitrogen and oxygen atoms in total. The zero-order valence-electron chi connectivity index (χ0n) is 31.2. The molecule has 6 heteroatoms. The molecule has 0 aliphatic rings. The van der Waals surface area contributed by atoms with E-state index in [-0.39, 0.29) is 0 Å². The summed E-state index contributed by atoms with van der Waals surface area (Å²) in [4.78, 5) is 20.9. The van der Waals surface area contributed by atoms with Gasteiger partial charge in [0, 0.05) is 48.1 Å². The van der Waals surface area contributed by atoms with Crippen LogP contribution >= 0.6 is 11.3 Å². The molecule has 0 saturated heterocycles. The maximum absolute atomic E-state index is 5.27. The Kier molecular flexibility index (Phi) is 8.26. The van der Waals surface area contributed by atoms with Crippen LogP contribution in [0.3, 0.4) is 0 Å². The van der Waals surface area contributed by atoms with Gasteiger partial charge in [-0.1, -0.05) is 146 Å². The lowest BCUT2D eigenvalue weighted by molar-refractivity contribution is 1.08. The lowest BCUT2D eigenvalue weighted by Gasteiger charge is -2.11. The first-order valence-corrected chi connectivity index (χ1v) is 20.1. The van der Waals surface area contributed by atoms with Gasteiger partial charge >= 0.3 is 0 Å². The zero-order chi connectivity index (χ0) is 38.4. The van der Waals surface area contributed by atoms with Crippen molar-refractivity contribution in [3.63, 3.8) is 0 Å². The molecule has 11 rings (SSSR count). The highest BCUT2D eigenvalue weighted by Gasteiger charge is 2.20. The molecule has 11 aromatic rings. The summed E-state index contributed by atoms with van der Waals surface area (Å²) in [6, 6.07) is 69.7. The summed E-state index contributed by atoms with van der Waals surface area (Å²) in [6.07, 6.45) is 0. The summed E-state index contributed by atoms with van der Waals surface area (Å²) >= 11 is 1.78. The van der Waals surface area contributed by atoms with E-state index in [4.69, 9.17) is 19.9 Å². The first-order chi connectivity index (χ1) is 28.7. The van der Waals surface area contributed by atoms with Crippen molar-refractivity contribution in [2.45, 2.75) is 0 Å². The Labute approximate surface area is 339 Å². The minimum absolute atomic E-state index is 0.624. The molecule has 0 saturated carbocycles. The first kappa shape index (κ1) is 33.8. The fraction of sp³-hybridized carbons (Fsp3) is 0. The number of nitrogens with zero attached hydrogens (tertiary/aromatic N) is 5. The van der Waals surface area contributed by atoms with Gasteiger partial charge in [0.15, 0.2) is 17.5 Å². The number of para-hydroxylation sites is 3. The number of hydrogen-bond donors (Lipinski definition) is 0. The molecule has 0 fully saturated rings. The molecule has 3 heterocycles. The summed E-state index contributed by atoms with van der Waals surface area (Å²) in [5.74, 6) is 2.77. The van der Waals surface area contributed by atoms with Gasteiger partial charge in [0.25, 0.3) is 0 Å². The van der Waals surface area contributed by atoms with Crippen molar-refractivity contribution in [2.24, 2.45) is 0 Å². The largest absolute Gasteiger partial charge is 0.292 e. The van der Waals surface area contributed by atoms with Crippen molar-refractivity contribution in [2.75, 3.05) is 0 Å². The van der Waals surface area contributed by atoms with Crippen LogP contribution in [0.2, 0.25) is 0 Å². The van der Waals surface area contributed by atoms with Gasteiger partial charge in [0.1, 0.15) is 5.82 Å². The fourth-order valence-electron chi connectivity index (χ4n) is 7.88. The number of aromatic nitrogens is 5. The van der Waals surface area contributed by atoms with Crippen LogP contribution in [0.5, 0.6) is 0 Å². The second kappa shape index (κ2) is 14.2. The van der Waals surface area contributed by atoms with Gasteiger partial charge in [-0.25, -0.2) is 19.9 Å². The summed E-state index contributed by atoms with van der Waals surface area (Å²) < 4.78 is 4.61. The highest BCUT2D eigenvalue weighted by atomic mass is 32.1. The molecule has 58 heavy (non-hydrogen) atoms. The summed E-state index contributed by atoms with van der Waals surface area (Å²) in [5, 5.41) is 2.26. The fourth-order valence-corrected chi connectivity index (χ4v) is 8.99. The quantitative estimate of drug-likeness (QED) is 0.162. The molecule has 272 valence electrons. The smallest absolute Gasteiger partial charge is 0.164 e. The van der Waals surface area contributed by atoms with Gasteiger partial charge in [0.2, 0.25) is 0 Å². The highest BCUT2D eigenvalue weighted by Crippen LogP contribution is 2.42. The number of benzene rings is 8. The van der Waals surface area contributed by atoms with E-state index in [1.54, 1.807) is 11.3 Å². The summed E-state index contributed by atoms with van der Waals surface area (Å²) in [6.45, 7) is 0. The van der Waals surface area contributed by atoms with Crippen molar-refractivity contribution in [1.82, 2.24) is 24.5 Å². The second-order valence-corrected chi connectivity index (χ2v) is 15.4. The zero-order valence-corrected chi connectivity index (χ0v) is 32.0. The lowest BCUT2D eigenvalue weighted by Crippen LogP contribution is -2.00. The Balaban J connectivity index is 1.10. The monoisotopic (exact) mass is 759 g/mol. The average Bonchev–Trinajstić information content (AvgIpc) is 3.89. The van der Waals surface area contributed by atoms with E-state index < -0.39 is 0 Å². The van der Waals surface area contributed by atoms with Gasteiger partial charge in [0.05, 0.1) is 11.0 Å². The molecule has 3 aromatic heterocycles. The van der Waals surface area contributed by atoms with Crippen molar-refractivity contribution >= 4 is 42.5 Å². The SMILES string of the molecule is c1ccc(-c2ccc(-c3nc(-c4cccc(-c5ccccc5)c4)nc(-c4cccc5sc6ccc(-c7nc8ccccc8n7-c7ccccc7)cc6c45)n3)cc2)cc1. The summed E-state index contributed by atoms with van der Waals surface area (Å²) in [7, 11) is 0. The van der Waals surface area contributed by atoms with Crippen LogP contribution in [-0.2, 0) is 0 Å². The molecule has 0 N–H and O–H groups in total. The van der Waals surface area contributed by atoms with Crippen LogP contribution in [0.15, 0.2) is 200 Å². The first-order valence-electron chi connectivity index (χ1n) is 19.3. The molecule has 8 aromatic carbocycles. The minimum atomic E-state index is 0.624. The lowest BCUT2D eigenvalue weighted by atomic mass is 10.0. The van der Waals surface area contributed by atoms with E-state index >= 15 is 0 Å². The van der Waals surface area contributed by atoms with E-state index in [1.807, 2.05) is 24.3 Å². The standard InChI is InChI=1S/C52H33N5S/c1-4-14-34(15-5-1)36-26-28-37(29-27-36)49-54-50(39-19-12-18-38(32-39)35-16-6-2-7-17-35)56-51(55-49)42-22-13-25-47-48(42)43-33-40(30-31-46(43)58-47)52-53-44-23-10-11-24-45(44)57(52)41-20-8-3-9-21-41/h1-33H. The molecule has 0 aliphatic carbocycles. The number of rotatable bonds is 7. The van der Waals surface area contributed by atoms with Crippen molar-refractivity contribution in [3.05, 3.63) is 200 Å². The highest BCUT2D eigenvalue weighted by molar-refractivity contribution is 7.26. The Bertz CT molecular complexity index is 3260. The van der Waals surface area contributed by atoms with Crippen molar-refractivity contribution in [1.29, 1.82) is 0 Å². The van der Waals surface area contributed by atoms with E-state index in [2.05, 4.69) is 180 Å². The Morgan fingerprint density at radius 3 is 1.71 bits per heavy atom. The number of imidazole rings is 1. The Hall–Kier alpha value is -7.54. The predicted octanol–water partition coefficient (Wildman–Crippen LogP) is 13.6. The normalized spacial score (nSPS) is 11.4. The Morgan fingerprint density at radius 2 is 0.931 bits per heavy atom. The molecular weight excluding hydrogens is 727 g/mol. The molecule has 0 atom stereocenters. The van der Waals surface area contributed by atoms with E-state index in [0.29, 0.717) is 17.5 Å². The van der Waals surface area contributed by atoms with Gasteiger partial charge in [-0.3, -0.25) is 4.57 Å². The second-order valence-electron chi connectivity index (χ2n) is 14.3. The minimum Gasteiger partial charge on any atom is -0.292 e. The van der Waals surface area contributed by atoms with Gasteiger partial charge in [-0.2, -0.15) is 0 Å². The third-order valence-corrected chi connectivity index (χ3v) is 11.8. The van der Waals surface area contributed by atoms with Crippen LogP contribution in [0.4, 0.5) is 0 Å². The molecule has 0 bridgehead atoms. The molecule has 0 radical (unpaired) electrons. The van der Waals surface area contributed by atoms with Crippen LogP contribution in [-0.4, -0.2) is 24.5 Å². The van der Waals surface area contributed by atoms with Crippen LogP contribution in [0.1, 0.15) is 0 Å². The van der Waals surface area contributed by atoms with Crippen LogP contribution in [0.25, 0.3) is 105 Å². The topological polar surface area (TPSA) is 56.5 Å². The molecule has 0 amide bonds. The average molecular weight is 760 g/mol. The van der Waals surface area contributed by atoms with Gasteiger partial charge in [-0.15, -0.1) is 11.3 Å². The number of fused-ring (bicyclic) bond motifs is 4. The number of hydrogen-bond acceptors (Lipinski definition) is 5. The number of thiophene rings is 1. The maximum Gasteiger partial charge on any atom is 0.164 e. The third kappa shape index (κ3) is 6.04. The van der Waals surface area contributed by atoms with Crippen LogP contribution in [0, 0.1) is 0 Å². The van der Waals surface area contributed by atoms with Crippen LogP contribution < -0.4 is 0 Å². The Morgan fingerprint density at radius 1 is 0.362 bits per heavy atom. The van der Waals surface area contributed by atoms with Gasteiger partial charge < -0.3 is 0 Å². The molecular formula is C52H33N5S. The molecule has 0 spiro atoms. The molecule has 0 unspecified atom stereocenters. The van der Waals surface area contributed by atoms with Crippen molar-refractivity contribution < 1.29 is 0 Å². The third-order valence-electron chi connectivity index (χ3n) is 10.7. The molecule has 0 aliphatic heterocycles. The predicted molar refractivity (Wildman–Crippen MR) is 240 cm³/mol. The maximum atomic E-state index is 5.27. The van der Waals surface area contributed by atoms with Gasteiger partial charge in [-0.05, 0) is 76.9 Å². The van der Waals surface area contributed by atoms with E-state index in [0.717, 1.165) is 72.3 Å². The van der Waals surface area contributed by atoms with E-state index in [9.17, 15) is 0 Å². The van der Waals surface area contributed by atoms with E-state index in [1.165, 1.54) is 15.0 Å².